The van der Waals surface area contributed by atoms with Gasteiger partial charge in [0, 0.05) is 17.8 Å². The van der Waals surface area contributed by atoms with E-state index >= 15 is 0 Å². The predicted molar refractivity (Wildman–Crippen MR) is 74.7 cm³/mol. The molecule has 2 unspecified atom stereocenters. The van der Waals surface area contributed by atoms with Crippen molar-refractivity contribution >= 4 is 5.69 Å². The first-order valence-electron chi connectivity index (χ1n) is 6.70. The van der Waals surface area contributed by atoms with Crippen molar-refractivity contribution in [3.05, 3.63) is 24.0 Å². The molecule has 0 aliphatic rings. The quantitative estimate of drug-likeness (QED) is 0.774. The lowest BCUT2D eigenvalue weighted by molar-refractivity contribution is 0.386. The van der Waals surface area contributed by atoms with E-state index in [4.69, 9.17) is 4.74 Å². The molecule has 0 saturated heterocycles. The number of halogens is 1. The van der Waals surface area contributed by atoms with Crippen molar-refractivity contribution in [2.24, 2.45) is 5.92 Å². The summed E-state index contributed by atoms with van der Waals surface area (Å²) in [4.78, 5) is 0. The van der Waals surface area contributed by atoms with Crippen LogP contribution >= 0.6 is 0 Å². The molecule has 2 nitrogen and oxygen atoms in total. The molecule has 1 rings (SSSR count). The first-order chi connectivity index (χ1) is 8.60. The molecule has 1 aromatic rings. The topological polar surface area (TPSA) is 21.3 Å². The van der Waals surface area contributed by atoms with Gasteiger partial charge in [-0.3, -0.25) is 0 Å². The Morgan fingerprint density at radius 3 is 2.50 bits per heavy atom. The van der Waals surface area contributed by atoms with Gasteiger partial charge < -0.3 is 10.1 Å². The summed E-state index contributed by atoms with van der Waals surface area (Å²) < 4.78 is 18.5. The predicted octanol–water partition coefficient (Wildman–Crippen LogP) is 4.46. The molecule has 0 fully saturated rings. The second-order valence-corrected chi connectivity index (χ2v) is 4.85. The number of hydrogen-bond donors (Lipinski definition) is 1. The van der Waals surface area contributed by atoms with Crippen molar-refractivity contribution < 1.29 is 9.13 Å². The van der Waals surface area contributed by atoms with Crippen LogP contribution in [0.15, 0.2) is 18.2 Å². The van der Waals surface area contributed by atoms with Gasteiger partial charge in [0.2, 0.25) is 0 Å². The lowest BCUT2D eigenvalue weighted by atomic mass is 9.97. The molecule has 0 radical (unpaired) electrons. The third kappa shape index (κ3) is 4.21. The number of anilines is 1. The summed E-state index contributed by atoms with van der Waals surface area (Å²) in [7, 11) is 1.48. The van der Waals surface area contributed by atoms with Crippen LogP contribution in [0.25, 0.3) is 0 Å². The molecule has 18 heavy (non-hydrogen) atoms. The molecule has 0 bridgehead atoms. The highest BCUT2D eigenvalue weighted by molar-refractivity contribution is 5.47. The summed E-state index contributed by atoms with van der Waals surface area (Å²) in [6.45, 7) is 6.60. The fraction of sp³-hybridized carbons (Fsp3) is 0.600. The van der Waals surface area contributed by atoms with Crippen LogP contribution in [-0.4, -0.2) is 13.2 Å². The average Bonchev–Trinajstić information content (AvgIpc) is 2.38. The summed E-state index contributed by atoms with van der Waals surface area (Å²) in [6.07, 6.45) is 3.33. The third-order valence-corrected chi connectivity index (χ3v) is 3.40. The van der Waals surface area contributed by atoms with Crippen LogP contribution in [0.1, 0.15) is 40.0 Å². The van der Waals surface area contributed by atoms with Crippen LogP contribution in [0.2, 0.25) is 0 Å². The van der Waals surface area contributed by atoms with Crippen molar-refractivity contribution in [1.82, 2.24) is 0 Å². The highest BCUT2D eigenvalue weighted by Gasteiger charge is 2.11. The number of methoxy groups -OCH3 is 1. The zero-order valence-corrected chi connectivity index (χ0v) is 11.8. The maximum absolute atomic E-state index is 13.6. The van der Waals surface area contributed by atoms with E-state index < -0.39 is 0 Å². The van der Waals surface area contributed by atoms with E-state index in [9.17, 15) is 4.39 Å². The van der Waals surface area contributed by atoms with Crippen LogP contribution < -0.4 is 10.1 Å². The van der Waals surface area contributed by atoms with Crippen molar-refractivity contribution in [1.29, 1.82) is 0 Å². The van der Waals surface area contributed by atoms with E-state index in [0.717, 1.165) is 18.5 Å². The summed E-state index contributed by atoms with van der Waals surface area (Å²) >= 11 is 0. The van der Waals surface area contributed by atoms with E-state index in [1.54, 1.807) is 6.07 Å². The van der Waals surface area contributed by atoms with Gasteiger partial charge in [0.25, 0.3) is 0 Å². The van der Waals surface area contributed by atoms with Gasteiger partial charge in [-0.15, -0.1) is 0 Å². The molecule has 0 spiro atoms. The molecule has 0 amide bonds. The maximum Gasteiger partial charge on any atom is 0.167 e. The molecule has 0 saturated carbocycles. The Hall–Kier alpha value is -1.25. The molecule has 102 valence electrons. The second kappa shape index (κ2) is 7.24. The Labute approximate surface area is 110 Å². The summed E-state index contributed by atoms with van der Waals surface area (Å²) in [6, 6.07) is 5.42. The fourth-order valence-electron chi connectivity index (χ4n) is 1.97. The lowest BCUT2D eigenvalue weighted by Gasteiger charge is -2.21. The van der Waals surface area contributed by atoms with Crippen molar-refractivity contribution in [3.8, 4) is 5.75 Å². The fourth-order valence-corrected chi connectivity index (χ4v) is 1.97. The standard InChI is InChI=1S/C15H24FNO/c1-5-11(3)9-12(6-2)17-13-7-8-15(18-4)14(16)10-13/h7-8,10-12,17H,5-6,9H2,1-4H3. The third-order valence-electron chi connectivity index (χ3n) is 3.40. The molecule has 1 N–H and O–H groups in total. The minimum absolute atomic E-state index is 0.288. The van der Waals surface area contributed by atoms with E-state index in [1.807, 2.05) is 6.07 Å². The highest BCUT2D eigenvalue weighted by atomic mass is 19.1. The number of ether oxygens (including phenoxy) is 1. The normalized spacial score (nSPS) is 14.1. The van der Waals surface area contributed by atoms with E-state index in [1.165, 1.54) is 19.6 Å². The molecule has 2 atom stereocenters. The van der Waals surface area contributed by atoms with Crippen LogP contribution in [0.4, 0.5) is 10.1 Å². The van der Waals surface area contributed by atoms with Crippen LogP contribution in [0, 0.1) is 11.7 Å². The van der Waals surface area contributed by atoms with E-state index in [2.05, 4.69) is 26.1 Å². The van der Waals surface area contributed by atoms with E-state index in [0.29, 0.717) is 12.0 Å². The van der Waals surface area contributed by atoms with Gasteiger partial charge in [0.15, 0.2) is 11.6 Å². The van der Waals surface area contributed by atoms with Gasteiger partial charge in [-0.1, -0.05) is 27.2 Å². The van der Waals surface area contributed by atoms with Gasteiger partial charge >= 0.3 is 0 Å². The Bertz CT molecular complexity index is 368. The molecular weight excluding hydrogens is 229 g/mol. The second-order valence-electron chi connectivity index (χ2n) is 4.85. The van der Waals surface area contributed by atoms with Crippen LogP contribution in [0.3, 0.4) is 0 Å². The minimum Gasteiger partial charge on any atom is -0.494 e. The van der Waals surface area contributed by atoms with Crippen LogP contribution in [0.5, 0.6) is 5.75 Å². The Morgan fingerprint density at radius 1 is 1.28 bits per heavy atom. The Kier molecular flexibility index (Phi) is 5.96. The van der Waals surface area contributed by atoms with Gasteiger partial charge in [0.1, 0.15) is 0 Å². The first kappa shape index (κ1) is 14.8. The molecule has 0 aromatic heterocycles. The smallest absolute Gasteiger partial charge is 0.167 e. The molecule has 0 heterocycles. The number of benzene rings is 1. The molecular formula is C15H24FNO. The van der Waals surface area contributed by atoms with Gasteiger partial charge in [0.05, 0.1) is 7.11 Å². The molecule has 1 aromatic carbocycles. The summed E-state index contributed by atoms with van der Waals surface area (Å²) in [5, 5.41) is 3.39. The number of nitrogens with one attached hydrogen (secondary N) is 1. The van der Waals surface area contributed by atoms with Crippen molar-refractivity contribution in [3.63, 3.8) is 0 Å². The van der Waals surface area contributed by atoms with Gasteiger partial charge in [-0.05, 0) is 30.9 Å². The average molecular weight is 253 g/mol. The number of hydrogen-bond acceptors (Lipinski definition) is 2. The minimum atomic E-state index is -0.319. The monoisotopic (exact) mass is 253 g/mol. The van der Waals surface area contributed by atoms with Gasteiger partial charge in [-0.25, -0.2) is 4.39 Å². The lowest BCUT2D eigenvalue weighted by Crippen LogP contribution is -2.21. The Balaban J connectivity index is 2.67. The SMILES string of the molecule is CCC(C)CC(CC)Nc1ccc(OC)c(F)c1. The van der Waals surface area contributed by atoms with E-state index in [-0.39, 0.29) is 11.6 Å². The maximum atomic E-state index is 13.6. The zero-order valence-electron chi connectivity index (χ0n) is 11.8. The highest BCUT2D eigenvalue weighted by Crippen LogP contribution is 2.23. The summed E-state index contributed by atoms with van der Waals surface area (Å²) in [5.41, 5.74) is 0.823. The first-order valence-corrected chi connectivity index (χ1v) is 6.70. The molecule has 0 aliphatic heterocycles. The number of rotatable bonds is 7. The zero-order chi connectivity index (χ0) is 13.5. The van der Waals surface area contributed by atoms with Crippen molar-refractivity contribution in [2.75, 3.05) is 12.4 Å². The van der Waals surface area contributed by atoms with Gasteiger partial charge in [-0.2, -0.15) is 0 Å². The summed E-state index contributed by atoms with van der Waals surface area (Å²) in [5.74, 6) is 0.655. The van der Waals surface area contributed by atoms with Crippen molar-refractivity contribution in [2.45, 2.75) is 46.1 Å². The molecule has 3 heteroatoms. The van der Waals surface area contributed by atoms with Crippen LogP contribution in [-0.2, 0) is 0 Å². The Morgan fingerprint density at radius 2 is 2.00 bits per heavy atom. The largest absolute Gasteiger partial charge is 0.494 e. The molecule has 0 aliphatic carbocycles.